The zero-order chi connectivity index (χ0) is 15.6. The van der Waals surface area contributed by atoms with Gasteiger partial charge in [0.15, 0.2) is 5.96 Å². The third-order valence-corrected chi connectivity index (χ3v) is 3.44. The molecule has 0 heterocycles. The van der Waals surface area contributed by atoms with Gasteiger partial charge in [-0.25, -0.2) is 0 Å². The van der Waals surface area contributed by atoms with Crippen molar-refractivity contribution in [2.75, 3.05) is 20.7 Å². The van der Waals surface area contributed by atoms with Crippen LogP contribution < -0.4 is 10.6 Å². The van der Waals surface area contributed by atoms with E-state index in [0.29, 0.717) is 6.54 Å². The summed E-state index contributed by atoms with van der Waals surface area (Å²) in [5.74, 6) is 0.766. The predicted octanol–water partition coefficient (Wildman–Crippen LogP) is 2.74. The predicted molar refractivity (Wildman–Crippen MR) is 90.8 cm³/mol. The molecule has 0 fully saturated rings. The first kappa shape index (κ1) is 16.0. The number of methoxy groups -OCH3 is 1. The van der Waals surface area contributed by atoms with Gasteiger partial charge < -0.3 is 15.4 Å². The normalized spacial score (nSPS) is 12.7. The molecule has 1 unspecified atom stereocenters. The summed E-state index contributed by atoms with van der Waals surface area (Å²) >= 11 is 0. The Morgan fingerprint density at radius 3 is 2.23 bits per heavy atom. The molecule has 0 bridgehead atoms. The van der Waals surface area contributed by atoms with Gasteiger partial charge in [-0.2, -0.15) is 0 Å². The van der Waals surface area contributed by atoms with Crippen LogP contribution in [0.2, 0.25) is 0 Å². The molecule has 116 valence electrons. The zero-order valence-corrected chi connectivity index (χ0v) is 13.1. The van der Waals surface area contributed by atoms with E-state index < -0.39 is 0 Å². The minimum Gasteiger partial charge on any atom is -0.375 e. The van der Waals surface area contributed by atoms with Crippen molar-refractivity contribution >= 4 is 5.96 Å². The van der Waals surface area contributed by atoms with Crippen LogP contribution in [-0.2, 0) is 11.3 Å². The number of ether oxygens (including phenoxy) is 1. The molecule has 0 saturated heterocycles. The van der Waals surface area contributed by atoms with Crippen LogP contribution in [0, 0.1) is 0 Å². The van der Waals surface area contributed by atoms with E-state index in [4.69, 9.17) is 4.74 Å². The van der Waals surface area contributed by atoms with Gasteiger partial charge in [0.1, 0.15) is 0 Å². The van der Waals surface area contributed by atoms with Crippen LogP contribution in [0.3, 0.4) is 0 Å². The maximum Gasteiger partial charge on any atom is 0.191 e. The largest absolute Gasteiger partial charge is 0.375 e. The molecule has 22 heavy (non-hydrogen) atoms. The molecule has 0 aromatic heterocycles. The first-order valence-corrected chi connectivity index (χ1v) is 7.39. The molecule has 0 spiro atoms. The van der Waals surface area contributed by atoms with Crippen molar-refractivity contribution in [3.8, 4) is 0 Å². The minimum atomic E-state index is -0.00326. The van der Waals surface area contributed by atoms with Crippen molar-refractivity contribution in [3.63, 3.8) is 0 Å². The van der Waals surface area contributed by atoms with Gasteiger partial charge in [0.25, 0.3) is 0 Å². The first-order valence-electron chi connectivity index (χ1n) is 7.39. The summed E-state index contributed by atoms with van der Waals surface area (Å²) in [6, 6.07) is 20.4. The molecular weight excluding hydrogens is 274 g/mol. The van der Waals surface area contributed by atoms with Crippen molar-refractivity contribution in [1.29, 1.82) is 0 Å². The molecule has 2 aromatic carbocycles. The van der Waals surface area contributed by atoms with Crippen LogP contribution in [0.15, 0.2) is 65.7 Å². The second-order valence-corrected chi connectivity index (χ2v) is 4.93. The second kappa shape index (κ2) is 8.85. The highest BCUT2D eigenvalue weighted by atomic mass is 16.5. The summed E-state index contributed by atoms with van der Waals surface area (Å²) in [4.78, 5) is 4.24. The van der Waals surface area contributed by atoms with E-state index >= 15 is 0 Å². The SMILES string of the molecule is CN=C(NCc1ccccc1)NCC(OC)c1ccccc1. The molecule has 0 aliphatic rings. The van der Waals surface area contributed by atoms with Gasteiger partial charge in [0.05, 0.1) is 6.10 Å². The molecule has 2 N–H and O–H groups in total. The Hall–Kier alpha value is -2.33. The smallest absolute Gasteiger partial charge is 0.191 e. The van der Waals surface area contributed by atoms with Gasteiger partial charge in [0.2, 0.25) is 0 Å². The van der Waals surface area contributed by atoms with Crippen molar-refractivity contribution in [3.05, 3.63) is 71.8 Å². The fourth-order valence-electron chi connectivity index (χ4n) is 2.20. The zero-order valence-electron chi connectivity index (χ0n) is 13.1. The van der Waals surface area contributed by atoms with E-state index in [-0.39, 0.29) is 6.10 Å². The minimum absolute atomic E-state index is 0.00326. The standard InChI is InChI=1S/C18H23N3O/c1-19-18(20-13-15-9-5-3-6-10-15)21-14-17(22-2)16-11-7-4-8-12-16/h3-12,17H,13-14H2,1-2H3,(H2,19,20,21). The Labute approximate surface area is 132 Å². The quantitative estimate of drug-likeness (QED) is 0.636. The maximum absolute atomic E-state index is 5.55. The summed E-state index contributed by atoms with van der Waals surface area (Å²) < 4.78 is 5.55. The monoisotopic (exact) mass is 297 g/mol. The molecule has 0 saturated carbocycles. The summed E-state index contributed by atoms with van der Waals surface area (Å²) in [6.07, 6.45) is -0.00326. The molecular formula is C18H23N3O. The molecule has 0 amide bonds. The van der Waals surface area contributed by atoms with Crippen molar-refractivity contribution < 1.29 is 4.74 Å². The van der Waals surface area contributed by atoms with Crippen LogP contribution in [0.4, 0.5) is 0 Å². The number of hydrogen-bond acceptors (Lipinski definition) is 2. The lowest BCUT2D eigenvalue weighted by atomic mass is 10.1. The Morgan fingerprint density at radius 2 is 1.64 bits per heavy atom. The third-order valence-electron chi connectivity index (χ3n) is 3.44. The van der Waals surface area contributed by atoms with Gasteiger partial charge in [0, 0.05) is 27.2 Å². The van der Waals surface area contributed by atoms with Crippen LogP contribution in [0.1, 0.15) is 17.2 Å². The molecule has 2 rings (SSSR count). The number of nitrogens with zero attached hydrogens (tertiary/aromatic N) is 1. The average molecular weight is 297 g/mol. The summed E-state index contributed by atoms with van der Waals surface area (Å²) in [7, 11) is 3.49. The first-order chi connectivity index (χ1) is 10.8. The average Bonchev–Trinajstić information content (AvgIpc) is 2.60. The van der Waals surface area contributed by atoms with E-state index in [2.05, 4.69) is 39.9 Å². The molecule has 0 aliphatic heterocycles. The maximum atomic E-state index is 5.55. The summed E-state index contributed by atoms with van der Waals surface area (Å²) in [5.41, 5.74) is 2.37. The van der Waals surface area contributed by atoms with Gasteiger partial charge in [-0.15, -0.1) is 0 Å². The lowest BCUT2D eigenvalue weighted by Crippen LogP contribution is -2.39. The van der Waals surface area contributed by atoms with E-state index in [0.717, 1.165) is 18.1 Å². The highest BCUT2D eigenvalue weighted by Gasteiger charge is 2.10. The number of rotatable bonds is 6. The van der Waals surface area contributed by atoms with Crippen molar-refractivity contribution in [2.45, 2.75) is 12.6 Å². The Bertz CT molecular complexity index is 569. The number of nitrogens with one attached hydrogen (secondary N) is 2. The van der Waals surface area contributed by atoms with Crippen molar-refractivity contribution in [2.24, 2.45) is 4.99 Å². The molecule has 2 aromatic rings. The van der Waals surface area contributed by atoms with Gasteiger partial charge in [-0.05, 0) is 11.1 Å². The van der Waals surface area contributed by atoms with E-state index in [1.165, 1.54) is 5.56 Å². The van der Waals surface area contributed by atoms with Crippen LogP contribution in [-0.4, -0.2) is 26.7 Å². The Kier molecular flexibility index (Phi) is 6.45. The van der Waals surface area contributed by atoms with Gasteiger partial charge in [-0.3, -0.25) is 4.99 Å². The number of benzene rings is 2. The van der Waals surface area contributed by atoms with E-state index in [1.807, 2.05) is 36.4 Å². The number of aliphatic imine (C=N–C) groups is 1. The van der Waals surface area contributed by atoms with Crippen LogP contribution >= 0.6 is 0 Å². The Morgan fingerprint density at radius 1 is 1.00 bits per heavy atom. The molecule has 0 aliphatic carbocycles. The molecule has 4 heteroatoms. The van der Waals surface area contributed by atoms with Crippen LogP contribution in [0.25, 0.3) is 0 Å². The van der Waals surface area contributed by atoms with Crippen LogP contribution in [0.5, 0.6) is 0 Å². The van der Waals surface area contributed by atoms with Gasteiger partial charge >= 0.3 is 0 Å². The summed E-state index contributed by atoms with van der Waals surface area (Å²) in [6.45, 7) is 1.40. The molecule has 1 atom stereocenters. The fourth-order valence-corrected chi connectivity index (χ4v) is 2.20. The highest BCUT2D eigenvalue weighted by molar-refractivity contribution is 5.79. The second-order valence-electron chi connectivity index (χ2n) is 4.93. The Balaban J connectivity index is 1.85. The highest BCUT2D eigenvalue weighted by Crippen LogP contribution is 2.14. The fraction of sp³-hybridized carbons (Fsp3) is 0.278. The third kappa shape index (κ3) is 4.90. The topological polar surface area (TPSA) is 45.7 Å². The number of guanidine groups is 1. The molecule has 0 radical (unpaired) electrons. The lowest BCUT2D eigenvalue weighted by molar-refractivity contribution is 0.106. The number of hydrogen-bond donors (Lipinski definition) is 2. The molecule has 4 nitrogen and oxygen atoms in total. The van der Waals surface area contributed by atoms with Gasteiger partial charge in [-0.1, -0.05) is 60.7 Å². The summed E-state index contributed by atoms with van der Waals surface area (Å²) in [5, 5.41) is 6.60. The van der Waals surface area contributed by atoms with Crippen molar-refractivity contribution in [1.82, 2.24) is 10.6 Å². The van der Waals surface area contributed by atoms with E-state index in [9.17, 15) is 0 Å². The van der Waals surface area contributed by atoms with E-state index in [1.54, 1.807) is 14.2 Å². The lowest BCUT2D eigenvalue weighted by Gasteiger charge is -2.18.